The Balaban J connectivity index is 0.000000191. The molecule has 6 aromatic carbocycles. The van der Waals surface area contributed by atoms with Gasteiger partial charge in [-0.2, -0.15) is 5.26 Å². The van der Waals surface area contributed by atoms with E-state index < -0.39 is 30.1 Å². The van der Waals surface area contributed by atoms with E-state index in [1.807, 2.05) is 54.6 Å². The summed E-state index contributed by atoms with van der Waals surface area (Å²) in [5.74, 6) is 0.652. The average Bonchev–Trinajstić information content (AvgIpc) is 1.66. The number of hydrogen-bond donors (Lipinski definition) is 3. The Kier molecular flexibility index (Phi) is 19.3. The first-order chi connectivity index (χ1) is 47.1. The second kappa shape index (κ2) is 28.0. The number of carbonyl (C=O) groups excluding carboxylic acids is 3. The van der Waals surface area contributed by atoms with Crippen LogP contribution in [-0.4, -0.2) is 121 Å². The summed E-state index contributed by atoms with van der Waals surface area (Å²) in [6, 6.07) is 39.2. The summed E-state index contributed by atoms with van der Waals surface area (Å²) in [5, 5.41) is 24.9. The van der Waals surface area contributed by atoms with Gasteiger partial charge in [0, 0.05) is 108 Å². The van der Waals surface area contributed by atoms with Crippen LogP contribution >= 0.6 is 45.9 Å². The van der Waals surface area contributed by atoms with Crippen molar-refractivity contribution in [3.05, 3.63) is 188 Å². The highest BCUT2D eigenvalue weighted by Crippen LogP contribution is 2.40. The smallest absolute Gasteiger partial charge is 0.263 e. The number of thiazole rings is 1. The first-order valence-corrected chi connectivity index (χ1v) is 38.4. The van der Waals surface area contributed by atoms with Gasteiger partial charge in [-0.25, -0.2) is 30.2 Å². The topological polar surface area (TPSA) is 298 Å². The van der Waals surface area contributed by atoms with Gasteiger partial charge in [0.2, 0.25) is 22.9 Å². The first-order valence-electron chi connectivity index (χ1n) is 31.5. The zero-order chi connectivity index (χ0) is 68.6. The maximum Gasteiger partial charge on any atom is 0.263 e. The van der Waals surface area contributed by atoms with Crippen LogP contribution in [0.25, 0.3) is 0 Å². The second-order valence-electron chi connectivity index (χ2n) is 24.0. The number of aromatic nitrogens is 4. The Hall–Kier alpha value is -9.15. The van der Waals surface area contributed by atoms with Crippen molar-refractivity contribution in [3.63, 3.8) is 0 Å². The SMILES string of the molecule is Cc1cc(NS(=O)(=O)c2ccc(N3CC[C@H](N4CCCc5cc(Cl)ccc54)C3=O)cc2)no1.Cc1nnc(NS(=O)(=O)c2ccc(N3CC[C@H](N4CCCc5cc(Cl)ccc54)C3=O)cc2)s1.N#Cc1cccc2c1CCN2[C@@H]1CCN(c2ccc(S(=O)(=O)Nc3nccs3)cc2)C1=O.[HH].[HH].[HH].[HH].[HH]. The van der Waals surface area contributed by atoms with Gasteiger partial charge in [0.05, 0.1) is 26.3 Å². The number of nitrogens with one attached hydrogen (secondary N) is 3. The quantitative estimate of drug-likeness (QED) is 0.0859. The van der Waals surface area contributed by atoms with Crippen LogP contribution in [0.15, 0.2) is 164 Å². The monoisotopic (exact) mass is 1460 g/mol. The number of nitriles is 1. The molecule has 24 nitrogen and oxygen atoms in total. The molecule has 6 aliphatic heterocycles. The number of aryl methyl sites for hydroxylation is 4. The number of benzene rings is 6. The number of amides is 3. The van der Waals surface area contributed by atoms with Gasteiger partial charge in [-0.15, -0.1) is 21.5 Å². The van der Waals surface area contributed by atoms with Crippen molar-refractivity contribution in [3.8, 4) is 6.07 Å². The Bertz CT molecular complexity index is 4730. The van der Waals surface area contributed by atoms with Gasteiger partial charge in [0.15, 0.2) is 10.9 Å². The summed E-state index contributed by atoms with van der Waals surface area (Å²) < 4.78 is 87.8. The number of halogens is 2. The van der Waals surface area contributed by atoms with Crippen molar-refractivity contribution in [1.82, 2.24) is 20.3 Å². The molecule has 516 valence electrons. The lowest BCUT2D eigenvalue weighted by Gasteiger charge is -2.35. The molecule has 0 saturated carbocycles. The molecule has 3 saturated heterocycles. The number of hydrogen-bond acceptors (Lipinski definition) is 20. The van der Waals surface area contributed by atoms with Gasteiger partial charge in [0.1, 0.15) is 28.9 Å². The van der Waals surface area contributed by atoms with Gasteiger partial charge in [-0.3, -0.25) is 28.5 Å². The van der Waals surface area contributed by atoms with Crippen molar-refractivity contribution >= 4 is 144 Å². The van der Waals surface area contributed by atoms with Crippen LogP contribution in [0.4, 0.5) is 50.2 Å². The number of carbonyl (C=O) groups is 3. The minimum absolute atomic E-state index is 0. The van der Waals surface area contributed by atoms with Gasteiger partial charge in [-0.1, -0.05) is 45.8 Å². The molecule has 0 bridgehead atoms. The number of nitrogens with zero attached hydrogens (tertiary/aromatic N) is 11. The molecule has 0 aliphatic carbocycles. The van der Waals surface area contributed by atoms with E-state index in [0.717, 1.165) is 67.8 Å². The molecule has 3 aromatic heterocycles. The van der Waals surface area contributed by atoms with E-state index >= 15 is 0 Å². The summed E-state index contributed by atoms with van der Waals surface area (Å²) in [4.78, 5) is 55.7. The highest BCUT2D eigenvalue weighted by molar-refractivity contribution is 7.93. The van der Waals surface area contributed by atoms with Gasteiger partial charge < -0.3 is 33.9 Å². The molecule has 0 spiro atoms. The molecule has 31 heteroatoms. The van der Waals surface area contributed by atoms with E-state index in [1.54, 1.807) is 70.3 Å². The maximum atomic E-state index is 13.3. The lowest BCUT2D eigenvalue weighted by Crippen LogP contribution is -2.44. The van der Waals surface area contributed by atoms with E-state index in [-0.39, 0.29) is 68.6 Å². The molecular formula is C67H74Cl2N14O10S5. The van der Waals surface area contributed by atoms with Crippen LogP contribution in [0.1, 0.15) is 72.3 Å². The number of sulfonamides is 3. The molecule has 3 atom stereocenters. The Morgan fingerprint density at radius 3 is 1.45 bits per heavy atom. The maximum absolute atomic E-state index is 13.3. The van der Waals surface area contributed by atoms with Gasteiger partial charge in [0.25, 0.3) is 30.1 Å². The summed E-state index contributed by atoms with van der Waals surface area (Å²) in [7, 11) is -11.3. The third-order valence-electron chi connectivity index (χ3n) is 17.9. The highest BCUT2D eigenvalue weighted by Gasteiger charge is 2.42. The molecule has 6 aliphatic rings. The summed E-state index contributed by atoms with van der Waals surface area (Å²) in [6.45, 7) is 7.49. The van der Waals surface area contributed by atoms with Crippen molar-refractivity contribution in [2.45, 2.75) is 98.0 Å². The van der Waals surface area contributed by atoms with Crippen LogP contribution in [0.5, 0.6) is 0 Å². The molecule has 9 heterocycles. The largest absolute Gasteiger partial charge is 0.360 e. The van der Waals surface area contributed by atoms with E-state index in [9.17, 15) is 44.9 Å². The van der Waals surface area contributed by atoms with Crippen molar-refractivity contribution < 1.29 is 51.3 Å². The van der Waals surface area contributed by atoms with Crippen LogP contribution in [-0.2, 0) is 63.7 Å². The predicted molar refractivity (Wildman–Crippen MR) is 389 cm³/mol. The van der Waals surface area contributed by atoms with Crippen molar-refractivity contribution in [2.24, 2.45) is 0 Å². The highest BCUT2D eigenvalue weighted by atomic mass is 35.5. The summed E-state index contributed by atoms with van der Waals surface area (Å²) in [5.41, 5.74) is 9.13. The van der Waals surface area contributed by atoms with Crippen molar-refractivity contribution in [2.75, 3.05) is 82.8 Å². The molecule has 3 N–H and O–H groups in total. The zero-order valence-electron chi connectivity index (χ0n) is 52.8. The molecule has 3 amide bonds. The normalized spacial score (nSPS) is 18.3. The lowest BCUT2D eigenvalue weighted by molar-refractivity contribution is -0.119. The minimum Gasteiger partial charge on any atom is -0.360 e. The Labute approximate surface area is 592 Å². The molecule has 15 rings (SSSR count). The van der Waals surface area contributed by atoms with Crippen LogP contribution in [0.2, 0.25) is 10.0 Å². The van der Waals surface area contributed by atoms with Crippen molar-refractivity contribution in [1.29, 1.82) is 5.26 Å². The predicted octanol–water partition coefficient (Wildman–Crippen LogP) is 12.1. The lowest BCUT2D eigenvalue weighted by atomic mass is 9.99. The zero-order valence-corrected chi connectivity index (χ0v) is 58.4. The summed E-state index contributed by atoms with van der Waals surface area (Å²) in [6.07, 6.45) is 8.22. The average molecular weight is 1470 g/mol. The van der Waals surface area contributed by atoms with E-state index in [0.29, 0.717) is 94.0 Å². The fourth-order valence-corrected chi connectivity index (χ4v) is 18.3. The van der Waals surface area contributed by atoms with Crippen LogP contribution < -0.4 is 43.6 Å². The molecular weight excluding hydrogens is 1390 g/mol. The Morgan fingerprint density at radius 2 is 1.02 bits per heavy atom. The van der Waals surface area contributed by atoms with Crippen LogP contribution in [0, 0.1) is 25.2 Å². The molecule has 9 aromatic rings. The van der Waals surface area contributed by atoms with E-state index in [1.165, 1.54) is 82.5 Å². The van der Waals surface area contributed by atoms with Gasteiger partial charge in [-0.05, 0) is 203 Å². The molecule has 3 fully saturated rings. The van der Waals surface area contributed by atoms with Crippen LogP contribution in [0.3, 0.4) is 0 Å². The van der Waals surface area contributed by atoms with Gasteiger partial charge >= 0.3 is 0 Å². The Morgan fingerprint density at radius 1 is 0.551 bits per heavy atom. The minimum atomic E-state index is -3.81. The first kappa shape index (κ1) is 67.4. The second-order valence-corrected chi connectivity index (χ2v) is 32.0. The number of anilines is 9. The third kappa shape index (κ3) is 14.1. The number of rotatable bonds is 15. The molecule has 0 unspecified atom stereocenters. The standard InChI is InChI=1S/C23H23ClN4O4S.C22H22ClN5O3S2.C22H19N5O3S2.5H2/c1-15-13-22(25-32-15)26-33(30,31)19-7-5-18(6-8-19)27-12-10-21(23(27)29)28-11-2-3-16-14-17(24)4-9-20(16)28;1-14-24-25-22(32-14)26-33(30,31)18-7-5-17(6-8-18)27-12-10-20(21(27)29)28-11-2-3-15-13-16(23)4-9-19(15)28;23-14-15-2-1-3-19-18(15)8-11-27(19)20-9-12-26(21(20)28)16-4-6-17(7-5-16)32(29,30)25-22-24-10-13-31-22;;;;;/h4-9,13-14,21H,2-3,10-12H2,1H3,(H,25,26);4-9,13,20H,2-3,10-12H2,1H3,(H,25,26);1-7,10,13,20H,8-9,11-12H2,(H,24,25);5*1H/t21-;2*20-;;;;;/m001...../s1. The molecule has 98 heavy (non-hydrogen) atoms. The van der Waals surface area contributed by atoms with E-state index in [2.05, 4.69) is 55.3 Å². The van der Waals surface area contributed by atoms with E-state index in [4.69, 9.17) is 27.7 Å². The fourth-order valence-electron chi connectivity index (χ4n) is 13.3. The third-order valence-corrected chi connectivity index (χ3v) is 24.1. The summed E-state index contributed by atoms with van der Waals surface area (Å²) >= 11 is 14.7. The fraction of sp³-hybridized carbons (Fsp3) is 0.284. The molecule has 0 radical (unpaired) electrons. The number of fused-ring (bicyclic) bond motifs is 3.